The van der Waals surface area contributed by atoms with E-state index in [4.69, 9.17) is 9.47 Å². The predicted molar refractivity (Wildman–Crippen MR) is 75.6 cm³/mol. The molecule has 109 valence electrons. The first-order valence-corrected chi connectivity index (χ1v) is 6.92. The first-order chi connectivity index (χ1) is 9.49. The van der Waals surface area contributed by atoms with Crippen molar-refractivity contribution >= 4 is 11.9 Å². The molecular formula is C16H21O4. The topological polar surface area (TPSA) is 52.6 Å². The van der Waals surface area contributed by atoms with Crippen LogP contribution in [0.1, 0.15) is 61.3 Å². The van der Waals surface area contributed by atoms with Crippen LogP contribution in [-0.4, -0.2) is 24.1 Å². The molecule has 4 heteroatoms. The van der Waals surface area contributed by atoms with Crippen molar-refractivity contribution in [2.24, 2.45) is 0 Å². The molecule has 0 aliphatic heterocycles. The number of hydrogen-bond donors (Lipinski definition) is 0. The van der Waals surface area contributed by atoms with Crippen molar-refractivity contribution in [3.05, 3.63) is 35.4 Å². The molecule has 0 spiro atoms. The van der Waals surface area contributed by atoms with E-state index >= 15 is 0 Å². The monoisotopic (exact) mass is 277 g/mol. The maximum atomic E-state index is 12.0. The number of esters is 2. The molecule has 0 bridgehead atoms. The molecule has 0 saturated carbocycles. The summed E-state index contributed by atoms with van der Waals surface area (Å²) < 4.78 is 10.5. The lowest BCUT2D eigenvalue weighted by atomic mass is 10.1. The van der Waals surface area contributed by atoms with E-state index < -0.39 is 11.9 Å². The van der Waals surface area contributed by atoms with E-state index in [1.54, 1.807) is 25.1 Å². The summed E-state index contributed by atoms with van der Waals surface area (Å²) >= 11 is 0. The standard InChI is InChI=1S/C16H21O4/c1-5-11(3)19-15(17)13-9-7-8-10-14(13)16(18)20-12(4)6-2/h7-9,11-12H,5-6H2,1-4H3. The van der Waals surface area contributed by atoms with Gasteiger partial charge in [-0.3, -0.25) is 0 Å². The lowest BCUT2D eigenvalue weighted by Crippen LogP contribution is -2.20. The van der Waals surface area contributed by atoms with Gasteiger partial charge >= 0.3 is 11.9 Å². The second-order valence-corrected chi connectivity index (χ2v) is 4.71. The molecule has 0 amide bonds. The van der Waals surface area contributed by atoms with Gasteiger partial charge in [0.2, 0.25) is 0 Å². The Labute approximate surface area is 120 Å². The summed E-state index contributed by atoms with van der Waals surface area (Å²) in [7, 11) is 0. The Balaban J connectivity index is 2.93. The molecule has 0 aliphatic rings. The summed E-state index contributed by atoms with van der Waals surface area (Å²) in [6.07, 6.45) is 1.04. The van der Waals surface area contributed by atoms with E-state index in [-0.39, 0.29) is 23.3 Å². The molecule has 0 saturated heterocycles. The molecular weight excluding hydrogens is 256 g/mol. The number of carbonyl (C=O) groups excluding carboxylic acids is 2. The van der Waals surface area contributed by atoms with E-state index in [1.165, 1.54) is 0 Å². The fraction of sp³-hybridized carbons (Fsp3) is 0.500. The quantitative estimate of drug-likeness (QED) is 0.748. The average Bonchev–Trinajstić information content (AvgIpc) is 2.46. The van der Waals surface area contributed by atoms with Gasteiger partial charge in [0.25, 0.3) is 0 Å². The zero-order valence-electron chi connectivity index (χ0n) is 12.4. The summed E-state index contributed by atoms with van der Waals surface area (Å²) in [4.78, 5) is 24.1. The van der Waals surface area contributed by atoms with Crippen molar-refractivity contribution in [2.45, 2.75) is 52.7 Å². The highest BCUT2D eigenvalue weighted by molar-refractivity contribution is 6.03. The Kier molecular flexibility index (Phi) is 6.22. The predicted octanol–water partition coefficient (Wildman–Crippen LogP) is 3.40. The van der Waals surface area contributed by atoms with E-state index in [9.17, 15) is 9.59 Å². The zero-order valence-corrected chi connectivity index (χ0v) is 12.4. The van der Waals surface area contributed by atoms with Crippen molar-refractivity contribution in [3.63, 3.8) is 0 Å². The summed E-state index contributed by atoms with van der Waals surface area (Å²) in [5, 5.41) is 0. The minimum Gasteiger partial charge on any atom is -0.459 e. The van der Waals surface area contributed by atoms with E-state index in [0.717, 1.165) is 6.42 Å². The Morgan fingerprint density at radius 2 is 1.65 bits per heavy atom. The Morgan fingerprint density at radius 1 is 1.10 bits per heavy atom. The van der Waals surface area contributed by atoms with Gasteiger partial charge in [0.05, 0.1) is 23.3 Å². The summed E-state index contributed by atoms with van der Waals surface area (Å²) in [5.41, 5.74) is 0.321. The zero-order chi connectivity index (χ0) is 15.1. The van der Waals surface area contributed by atoms with Gasteiger partial charge in [-0.05, 0) is 38.8 Å². The fourth-order valence-electron chi connectivity index (χ4n) is 1.43. The highest BCUT2D eigenvalue weighted by Gasteiger charge is 2.21. The largest absolute Gasteiger partial charge is 0.459 e. The molecule has 2 unspecified atom stereocenters. The summed E-state index contributed by atoms with van der Waals surface area (Å²) in [6.45, 7) is 7.46. The van der Waals surface area contributed by atoms with Crippen molar-refractivity contribution in [3.8, 4) is 0 Å². The third-order valence-corrected chi connectivity index (χ3v) is 3.05. The van der Waals surface area contributed by atoms with Gasteiger partial charge in [-0.2, -0.15) is 0 Å². The maximum Gasteiger partial charge on any atom is 0.339 e. The first kappa shape index (κ1) is 16.2. The second kappa shape index (κ2) is 7.68. The third kappa shape index (κ3) is 4.37. The first-order valence-electron chi connectivity index (χ1n) is 6.92. The molecule has 1 rings (SSSR count). The highest BCUT2D eigenvalue weighted by atomic mass is 16.5. The minimum absolute atomic E-state index is 0.126. The van der Waals surface area contributed by atoms with Gasteiger partial charge in [0, 0.05) is 0 Å². The molecule has 0 heterocycles. The molecule has 20 heavy (non-hydrogen) atoms. The van der Waals surface area contributed by atoms with Gasteiger partial charge in [0.15, 0.2) is 0 Å². The number of ether oxygens (including phenoxy) is 2. The van der Waals surface area contributed by atoms with Crippen LogP contribution in [-0.2, 0) is 9.47 Å². The number of hydrogen-bond acceptors (Lipinski definition) is 4. The van der Waals surface area contributed by atoms with E-state index in [1.807, 2.05) is 20.8 Å². The third-order valence-electron chi connectivity index (χ3n) is 3.05. The van der Waals surface area contributed by atoms with Crippen molar-refractivity contribution in [1.29, 1.82) is 0 Å². The van der Waals surface area contributed by atoms with E-state index in [0.29, 0.717) is 6.42 Å². The van der Waals surface area contributed by atoms with Crippen molar-refractivity contribution < 1.29 is 19.1 Å². The molecule has 4 nitrogen and oxygen atoms in total. The van der Waals surface area contributed by atoms with Crippen LogP contribution in [0.15, 0.2) is 18.2 Å². The molecule has 2 atom stereocenters. The van der Waals surface area contributed by atoms with Gasteiger partial charge < -0.3 is 9.47 Å². The minimum atomic E-state index is -0.545. The molecule has 1 radical (unpaired) electrons. The van der Waals surface area contributed by atoms with Crippen LogP contribution in [0.3, 0.4) is 0 Å². The van der Waals surface area contributed by atoms with Crippen molar-refractivity contribution in [2.75, 3.05) is 0 Å². The Hall–Kier alpha value is -1.84. The van der Waals surface area contributed by atoms with Crippen LogP contribution in [0.25, 0.3) is 0 Å². The fourth-order valence-corrected chi connectivity index (χ4v) is 1.43. The Morgan fingerprint density at radius 3 is 2.20 bits per heavy atom. The summed E-state index contributed by atoms with van der Waals surface area (Å²) in [5.74, 6) is -1.07. The molecule has 1 aromatic carbocycles. The summed E-state index contributed by atoms with van der Waals surface area (Å²) in [6, 6.07) is 7.54. The number of carbonyl (C=O) groups is 2. The van der Waals surface area contributed by atoms with Gasteiger partial charge in [-0.1, -0.05) is 26.0 Å². The van der Waals surface area contributed by atoms with Crippen molar-refractivity contribution in [1.82, 2.24) is 0 Å². The maximum absolute atomic E-state index is 12.0. The molecule has 0 aliphatic carbocycles. The van der Waals surface area contributed by atoms with Crippen LogP contribution in [0.2, 0.25) is 0 Å². The van der Waals surface area contributed by atoms with Gasteiger partial charge in [-0.15, -0.1) is 0 Å². The number of rotatable bonds is 6. The molecule has 0 N–H and O–H groups in total. The molecule has 0 aromatic heterocycles. The van der Waals surface area contributed by atoms with Crippen LogP contribution in [0.5, 0.6) is 0 Å². The Bertz CT molecular complexity index is 424. The van der Waals surface area contributed by atoms with Gasteiger partial charge in [0.1, 0.15) is 0 Å². The normalized spacial score (nSPS) is 13.4. The molecule has 0 fully saturated rings. The SMILES string of the molecule is CCC(C)OC(=O)c1[c]cccc1C(=O)OC(C)CC. The lowest BCUT2D eigenvalue weighted by molar-refractivity contribution is 0.0285. The smallest absolute Gasteiger partial charge is 0.339 e. The van der Waals surface area contributed by atoms with Crippen LogP contribution in [0, 0.1) is 6.07 Å². The number of benzene rings is 1. The van der Waals surface area contributed by atoms with Crippen LogP contribution >= 0.6 is 0 Å². The highest BCUT2D eigenvalue weighted by Crippen LogP contribution is 2.14. The van der Waals surface area contributed by atoms with E-state index in [2.05, 4.69) is 6.07 Å². The van der Waals surface area contributed by atoms with Gasteiger partial charge in [-0.25, -0.2) is 9.59 Å². The molecule has 1 aromatic rings. The van der Waals surface area contributed by atoms with Crippen LogP contribution in [0.4, 0.5) is 0 Å². The van der Waals surface area contributed by atoms with Crippen LogP contribution < -0.4 is 0 Å². The lowest BCUT2D eigenvalue weighted by Gasteiger charge is -2.14. The second-order valence-electron chi connectivity index (χ2n) is 4.71. The average molecular weight is 277 g/mol.